The highest BCUT2D eigenvalue weighted by Gasteiger charge is 2.27. The highest BCUT2D eigenvalue weighted by atomic mass is 79.9. The Bertz CT molecular complexity index is 528. The maximum absolute atomic E-state index is 12.5. The van der Waals surface area contributed by atoms with E-state index >= 15 is 0 Å². The second-order valence-corrected chi connectivity index (χ2v) is 7.17. The number of rotatable bonds is 2. The van der Waals surface area contributed by atoms with Crippen molar-refractivity contribution >= 4 is 37.6 Å². The number of halogens is 2. The highest BCUT2D eigenvalue weighted by Crippen LogP contribution is 2.31. The summed E-state index contributed by atoms with van der Waals surface area (Å²) in [6, 6.07) is 4.88. The van der Waals surface area contributed by atoms with Gasteiger partial charge in [-0.3, -0.25) is 0 Å². The van der Waals surface area contributed by atoms with E-state index in [0.29, 0.717) is 29.1 Å². The summed E-state index contributed by atoms with van der Waals surface area (Å²) in [6.45, 7) is 2.55. The van der Waals surface area contributed by atoms with Crippen molar-refractivity contribution in [2.75, 3.05) is 26.2 Å². The molecule has 100 valence electrons. The molecule has 0 radical (unpaired) electrons. The van der Waals surface area contributed by atoms with Gasteiger partial charge in [0.1, 0.15) is 0 Å². The molecule has 1 aliphatic heterocycles. The first-order valence-corrected chi connectivity index (χ1v) is 8.29. The van der Waals surface area contributed by atoms with Crippen LogP contribution in [0, 0.1) is 0 Å². The summed E-state index contributed by atoms with van der Waals surface area (Å²) in [5, 5.41) is 3.59. The minimum atomic E-state index is -3.48. The Labute approximate surface area is 120 Å². The molecular formula is C11H14BrClN2O2S. The van der Waals surface area contributed by atoms with Gasteiger partial charge in [0.25, 0.3) is 0 Å². The molecule has 1 saturated heterocycles. The van der Waals surface area contributed by atoms with Crippen LogP contribution in [0.2, 0.25) is 5.02 Å². The lowest BCUT2D eigenvalue weighted by Gasteiger charge is -2.20. The van der Waals surface area contributed by atoms with E-state index < -0.39 is 10.0 Å². The van der Waals surface area contributed by atoms with Crippen LogP contribution in [0.4, 0.5) is 0 Å². The fraction of sp³-hybridized carbons (Fsp3) is 0.455. The number of sulfonamides is 1. The first kappa shape index (κ1) is 14.3. The molecule has 1 aromatic carbocycles. The summed E-state index contributed by atoms with van der Waals surface area (Å²) >= 11 is 9.20. The molecule has 18 heavy (non-hydrogen) atoms. The molecule has 1 heterocycles. The van der Waals surface area contributed by atoms with Crippen molar-refractivity contribution in [3.05, 3.63) is 27.7 Å². The zero-order chi connectivity index (χ0) is 13.2. The maximum atomic E-state index is 12.5. The lowest BCUT2D eigenvalue weighted by atomic mass is 10.4. The van der Waals surface area contributed by atoms with Gasteiger partial charge in [0.15, 0.2) is 0 Å². The molecule has 4 nitrogen and oxygen atoms in total. The van der Waals surface area contributed by atoms with E-state index in [1.807, 2.05) is 0 Å². The van der Waals surface area contributed by atoms with E-state index in [0.717, 1.165) is 13.0 Å². The van der Waals surface area contributed by atoms with E-state index in [4.69, 9.17) is 11.6 Å². The van der Waals surface area contributed by atoms with E-state index in [9.17, 15) is 8.42 Å². The lowest BCUT2D eigenvalue weighted by Crippen LogP contribution is -2.34. The van der Waals surface area contributed by atoms with Gasteiger partial charge in [-0.05, 0) is 41.0 Å². The Morgan fingerprint density at radius 2 is 2.06 bits per heavy atom. The van der Waals surface area contributed by atoms with Crippen LogP contribution in [0.3, 0.4) is 0 Å². The highest BCUT2D eigenvalue weighted by molar-refractivity contribution is 9.10. The number of nitrogens with zero attached hydrogens (tertiary/aromatic N) is 1. The van der Waals surface area contributed by atoms with Crippen LogP contribution in [-0.2, 0) is 10.0 Å². The summed E-state index contributed by atoms with van der Waals surface area (Å²) < 4.78 is 27.0. The van der Waals surface area contributed by atoms with Crippen molar-refractivity contribution < 1.29 is 8.42 Å². The molecule has 1 fully saturated rings. The third kappa shape index (κ3) is 2.88. The average Bonchev–Trinajstić information content (AvgIpc) is 2.61. The fourth-order valence-electron chi connectivity index (χ4n) is 1.88. The van der Waals surface area contributed by atoms with Gasteiger partial charge in [-0.25, -0.2) is 8.42 Å². The molecule has 7 heteroatoms. The number of nitrogens with one attached hydrogen (secondary N) is 1. The topological polar surface area (TPSA) is 49.4 Å². The standard InChI is InChI=1S/C11H14BrClN2O2S/c12-11-9(13)3-1-4-10(11)18(16,17)15-7-2-5-14-6-8-15/h1,3-4,14H,2,5-8H2. The Balaban J connectivity index is 2.38. The third-order valence-corrected chi connectivity index (χ3v) is 6.43. The van der Waals surface area contributed by atoms with Crippen LogP contribution >= 0.6 is 27.5 Å². The second kappa shape index (κ2) is 5.88. The quantitative estimate of drug-likeness (QED) is 0.885. The number of hydrogen-bond donors (Lipinski definition) is 1. The van der Waals surface area contributed by atoms with E-state index in [1.54, 1.807) is 18.2 Å². The summed E-state index contributed by atoms with van der Waals surface area (Å²) in [4.78, 5) is 0.233. The lowest BCUT2D eigenvalue weighted by molar-refractivity contribution is 0.431. The Morgan fingerprint density at radius 3 is 2.83 bits per heavy atom. The molecule has 0 unspecified atom stereocenters. The van der Waals surface area contributed by atoms with Crippen molar-refractivity contribution in [3.8, 4) is 0 Å². The molecule has 0 saturated carbocycles. The molecule has 1 aliphatic rings. The molecule has 0 amide bonds. The van der Waals surface area contributed by atoms with Crippen molar-refractivity contribution in [2.45, 2.75) is 11.3 Å². The first-order valence-electron chi connectivity index (χ1n) is 5.68. The van der Waals surface area contributed by atoms with E-state index in [2.05, 4.69) is 21.2 Å². The van der Waals surface area contributed by atoms with Crippen LogP contribution < -0.4 is 5.32 Å². The van der Waals surface area contributed by atoms with E-state index in [1.165, 1.54) is 4.31 Å². The predicted octanol–water partition coefficient (Wildman–Crippen LogP) is 2.09. The minimum absolute atomic E-state index is 0.233. The third-order valence-electron chi connectivity index (χ3n) is 2.83. The molecule has 0 atom stereocenters. The van der Waals surface area contributed by atoms with E-state index in [-0.39, 0.29) is 4.90 Å². The molecule has 1 N–H and O–H groups in total. The largest absolute Gasteiger partial charge is 0.315 e. The van der Waals surface area contributed by atoms with Crippen LogP contribution in [0.1, 0.15) is 6.42 Å². The molecule has 0 bridgehead atoms. The van der Waals surface area contributed by atoms with Gasteiger partial charge in [-0.2, -0.15) is 4.31 Å². The molecular weight excluding hydrogens is 340 g/mol. The molecule has 0 aromatic heterocycles. The van der Waals surface area contributed by atoms with Crippen molar-refractivity contribution in [1.82, 2.24) is 9.62 Å². The van der Waals surface area contributed by atoms with Crippen LogP contribution in [0.25, 0.3) is 0 Å². The summed E-state index contributed by atoms with van der Waals surface area (Å²) in [6.07, 6.45) is 0.817. The molecule has 0 aliphatic carbocycles. The Morgan fingerprint density at radius 1 is 1.28 bits per heavy atom. The molecule has 2 rings (SSSR count). The van der Waals surface area contributed by atoms with Gasteiger partial charge in [0.05, 0.1) is 14.4 Å². The monoisotopic (exact) mass is 352 g/mol. The second-order valence-electron chi connectivity index (χ2n) is 4.06. The van der Waals surface area contributed by atoms with Crippen LogP contribution in [0.15, 0.2) is 27.6 Å². The van der Waals surface area contributed by atoms with Gasteiger partial charge in [0, 0.05) is 19.6 Å². The predicted molar refractivity (Wildman–Crippen MR) is 75.4 cm³/mol. The number of hydrogen-bond acceptors (Lipinski definition) is 3. The summed E-state index contributed by atoms with van der Waals surface area (Å²) in [5.41, 5.74) is 0. The van der Waals surface area contributed by atoms with Crippen molar-refractivity contribution in [2.24, 2.45) is 0 Å². The van der Waals surface area contributed by atoms with Gasteiger partial charge < -0.3 is 5.32 Å². The van der Waals surface area contributed by atoms with Gasteiger partial charge in [-0.1, -0.05) is 17.7 Å². The average molecular weight is 354 g/mol. The molecule has 1 aromatic rings. The first-order chi connectivity index (χ1) is 8.53. The molecule has 0 spiro atoms. The Kier molecular flexibility index (Phi) is 4.66. The maximum Gasteiger partial charge on any atom is 0.244 e. The normalized spacial score (nSPS) is 18.6. The fourth-order valence-corrected chi connectivity index (χ4v) is 4.56. The summed E-state index contributed by atoms with van der Waals surface area (Å²) in [5.74, 6) is 0. The summed E-state index contributed by atoms with van der Waals surface area (Å²) in [7, 11) is -3.48. The van der Waals surface area contributed by atoms with Crippen molar-refractivity contribution in [3.63, 3.8) is 0 Å². The smallest absolute Gasteiger partial charge is 0.244 e. The van der Waals surface area contributed by atoms with Crippen LogP contribution in [0.5, 0.6) is 0 Å². The zero-order valence-corrected chi connectivity index (χ0v) is 12.9. The van der Waals surface area contributed by atoms with Crippen molar-refractivity contribution in [1.29, 1.82) is 0 Å². The van der Waals surface area contributed by atoms with Crippen LogP contribution in [-0.4, -0.2) is 38.9 Å². The van der Waals surface area contributed by atoms with Gasteiger partial charge in [-0.15, -0.1) is 0 Å². The number of benzene rings is 1. The van der Waals surface area contributed by atoms with Gasteiger partial charge >= 0.3 is 0 Å². The minimum Gasteiger partial charge on any atom is -0.315 e. The SMILES string of the molecule is O=S(=O)(c1cccc(Cl)c1Br)N1CCCNCC1. The Hall–Kier alpha value is -0.140. The zero-order valence-electron chi connectivity index (χ0n) is 9.70. The van der Waals surface area contributed by atoms with Gasteiger partial charge in [0.2, 0.25) is 10.0 Å².